The summed E-state index contributed by atoms with van der Waals surface area (Å²) >= 11 is 0. The van der Waals surface area contributed by atoms with Crippen molar-refractivity contribution in [3.63, 3.8) is 0 Å². The number of methoxy groups -OCH3 is 2. The van der Waals surface area contributed by atoms with E-state index in [9.17, 15) is 14.9 Å². The number of nitrogens with one attached hydrogen (secondary N) is 1. The van der Waals surface area contributed by atoms with Crippen LogP contribution in [0.3, 0.4) is 0 Å². The Kier molecular flexibility index (Phi) is 4.80. The van der Waals surface area contributed by atoms with E-state index < -0.39 is 10.8 Å². The standard InChI is InChI=1S/C16H16N2O5/c1-10-4-5-11(8-13(10)18(20)21)16(19)17-12-6-7-14(22-2)15(9-12)23-3/h4-9H,1-3H3,(H,17,19). The second kappa shape index (κ2) is 6.78. The fraction of sp³-hybridized carbons (Fsp3) is 0.188. The number of hydrogen-bond donors (Lipinski definition) is 1. The van der Waals surface area contributed by atoms with E-state index in [1.165, 1.54) is 20.3 Å². The summed E-state index contributed by atoms with van der Waals surface area (Å²) in [4.78, 5) is 22.7. The van der Waals surface area contributed by atoms with Gasteiger partial charge in [-0.2, -0.15) is 0 Å². The van der Waals surface area contributed by atoms with Crippen LogP contribution >= 0.6 is 0 Å². The van der Waals surface area contributed by atoms with Gasteiger partial charge in [-0.1, -0.05) is 6.07 Å². The number of aryl methyl sites for hydroxylation is 1. The van der Waals surface area contributed by atoms with Gasteiger partial charge < -0.3 is 14.8 Å². The molecule has 0 bridgehead atoms. The number of carbonyl (C=O) groups excluding carboxylic acids is 1. The van der Waals surface area contributed by atoms with Crippen LogP contribution in [0.15, 0.2) is 36.4 Å². The third kappa shape index (κ3) is 3.57. The first-order valence-electron chi connectivity index (χ1n) is 6.74. The van der Waals surface area contributed by atoms with Crippen molar-refractivity contribution in [2.24, 2.45) is 0 Å². The highest BCUT2D eigenvalue weighted by Gasteiger charge is 2.15. The van der Waals surface area contributed by atoms with Crippen LogP contribution in [0.4, 0.5) is 11.4 Å². The minimum absolute atomic E-state index is 0.0926. The summed E-state index contributed by atoms with van der Waals surface area (Å²) in [6, 6.07) is 9.26. The van der Waals surface area contributed by atoms with Gasteiger partial charge in [0.25, 0.3) is 11.6 Å². The number of amides is 1. The molecule has 2 aromatic rings. The maximum atomic E-state index is 12.2. The van der Waals surface area contributed by atoms with Crippen LogP contribution in [-0.4, -0.2) is 25.1 Å². The predicted molar refractivity (Wildman–Crippen MR) is 85.3 cm³/mol. The summed E-state index contributed by atoms with van der Waals surface area (Å²) < 4.78 is 10.3. The first-order chi connectivity index (χ1) is 11.0. The molecule has 0 aromatic heterocycles. The number of nitro groups is 1. The molecule has 0 radical (unpaired) electrons. The molecular formula is C16H16N2O5. The Balaban J connectivity index is 2.25. The van der Waals surface area contributed by atoms with Crippen molar-refractivity contribution in [2.75, 3.05) is 19.5 Å². The van der Waals surface area contributed by atoms with Gasteiger partial charge in [-0.25, -0.2) is 0 Å². The molecule has 1 amide bonds. The van der Waals surface area contributed by atoms with Gasteiger partial charge in [-0.15, -0.1) is 0 Å². The van der Waals surface area contributed by atoms with Crippen LogP contribution < -0.4 is 14.8 Å². The van der Waals surface area contributed by atoms with Gasteiger partial charge in [0.15, 0.2) is 11.5 Å². The monoisotopic (exact) mass is 316 g/mol. The van der Waals surface area contributed by atoms with E-state index in [1.807, 2.05) is 0 Å². The zero-order valence-corrected chi connectivity index (χ0v) is 13.0. The van der Waals surface area contributed by atoms with Crippen LogP contribution in [0.1, 0.15) is 15.9 Å². The van der Waals surface area contributed by atoms with Crippen LogP contribution in [-0.2, 0) is 0 Å². The average Bonchev–Trinajstić information content (AvgIpc) is 2.54. The quantitative estimate of drug-likeness (QED) is 0.676. The van der Waals surface area contributed by atoms with E-state index in [2.05, 4.69) is 5.32 Å². The molecule has 0 aliphatic carbocycles. The lowest BCUT2D eigenvalue weighted by atomic mass is 10.1. The summed E-state index contributed by atoms with van der Waals surface area (Å²) in [5, 5.41) is 13.6. The van der Waals surface area contributed by atoms with Gasteiger partial charge in [-0.3, -0.25) is 14.9 Å². The second-order valence-corrected chi connectivity index (χ2v) is 4.78. The lowest BCUT2D eigenvalue weighted by molar-refractivity contribution is -0.385. The van der Waals surface area contributed by atoms with Crippen LogP contribution in [0.5, 0.6) is 11.5 Å². The molecule has 23 heavy (non-hydrogen) atoms. The van der Waals surface area contributed by atoms with Gasteiger partial charge in [0.05, 0.1) is 19.1 Å². The largest absolute Gasteiger partial charge is 0.493 e. The fourth-order valence-corrected chi connectivity index (χ4v) is 2.06. The lowest BCUT2D eigenvalue weighted by Crippen LogP contribution is -2.12. The molecule has 0 unspecified atom stereocenters. The van der Waals surface area contributed by atoms with Crippen molar-refractivity contribution in [2.45, 2.75) is 6.92 Å². The van der Waals surface area contributed by atoms with E-state index in [-0.39, 0.29) is 11.3 Å². The molecule has 0 atom stereocenters. The van der Waals surface area contributed by atoms with Crippen LogP contribution in [0, 0.1) is 17.0 Å². The zero-order valence-electron chi connectivity index (χ0n) is 13.0. The number of anilines is 1. The van der Waals surface area contributed by atoms with E-state index in [0.717, 1.165) is 0 Å². The molecule has 7 heteroatoms. The lowest BCUT2D eigenvalue weighted by Gasteiger charge is -2.10. The molecule has 120 valence electrons. The SMILES string of the molecule is COc1ccc(NC(=O)c2ccc(C)c([N+](=O)[O-])c2)cc1OC. The third-order valence-corrected chi connectivity index (χ3v) is 3.31. The number of benzene rings is 2. The number of ether oxygens (including phenoxy) is 2. The molecule has 7 nitrogen and oxygen atoms in total. The normalized spacial score (nSPS) is 10.0. The van der Waals surface area contributed by atoms with Crippen LogP contribution in [0.25, 0.3) is 0 Å². The molecular weight excluding hydrogens is 300 g/mol. The molecule has 2 rings (SSSR count). The number of rotatable bonds is 5. The summed E-state index contributed by atoms with van der Waals surface area (Å²) in [7, 11) is 3.01. The van der Waals surface area contributed by atoms with Crippen molar-refractivity contribution in [3.8, 4) is 11.5 Å². The highest BCUT2D eigenvalue weighted by atomic mass is 16.6. The fourth-order valence-electron chi connectivity index (χ4n) is 2.06. The maximum Gasteiger partial charge on any atom is 0.273 e. The van der Waals surface area contributed by atoms with Crippen LogP contribution in [0.2, 0.25) is 0 Å². The molecule has 0 saturated carbocycles. The third-order valence-electron chi connectivity index (χ3n) is 3.31. The molecule has 1 N–H and O–H groups in total. The number of hydrogen-bond acceptors (Lipinski definition) is 5. The Morgan fingerprint density at radius 1 is 1.09 bits per heavy atom. The minimum Gasteiger partial charge on any atom is -0.493 e. The Morgan fingerprint density at radius 3 is 2.39 bits per heavy atom. The number of nitrogens with zero attached hydrogens (tertiary/aromatic N) is 1. The Hall–Kier alpha value is -3.09. The summed E-state index contributed by atoms with van der Waals surface area (Å²) in [5.41, 5.74) is 1.11. The molecule has 0 saturated heterocycles. The first kappa shape index (κ1) is 16.3. The Labute approximate surface area is 133 Å². The molecule has 0 spiro atoms. The van der Waals surface area contributed by atoms with E-state index in [0.29, 0.717) is 22.7 Å². The second-order valence-electron chi connectivity index (χ2n) is 4.78. The van der Waals surface area contributed by atoms with Crippen molar-refractivity contribution < 1.29 is 19.2 Å². The maximum absolute atomic E-state index is 12.2. The Bertz CT molecular complexity index is 758. The van der Waals surface area contributed by atoms with Crippen molar-refractivity contribution in [1.29, 1.82) is 0 Å². The van der Waals surface area contributed by atoms with E-state index in [4.69, 9.17) is 9.47 Å². The predicted octanol–water partition coefficient (Wildman–Crippen LogP) is 3.17. The highest BCUT2D eigenvalue weighted by molar-refractivity contribution is 6.04. The Morgan fingerprint density at radius 2 is 1.78 bits per heavy atom. The smallest absolute Gasteiger partial charge is 0.273 e. The summed E-state index contributed by atoms with van der Waals surface area (Å²) in [5.74, 6) is 0.567. The zero-order chi connectivity index (χ0) is 17.0. The molecule has 2 aromatic carbocycles. The summed E-state index contributed by atoms with van der Waals surface area (Å²) in [6.45, 7) is 1.62. The summed E-state index contributed by atoms with van der Waals surface area (Å²) in [6.07, 6.45) is 0. The highest BCUT2D eigenvalue weighted by Crippen LogP contribution is 2.30. The molecule has 0 aliphatic heterocycles. The van der Waals surface area contributed by atoms with Gasteiger partial charge in [-0.05, 0) is 25.1 Å². The van der Waals surface area contributed by atoms with Crippen molar-refractivity contribution in [1.82, 2.24) is 0 Å². The average molecular weight is 316 g/mol. The molecule has 0 heterocycles. The topological polar surface area (TPSA) is 90.7 Å². The molecule has 0 aliphatic rings. The number of carbonyl (C=O) groups is 1. The number of nitro benzene ring substituents is 1. The molecule has 0 fully saturated rings. The van der Waals surface area contributed by atoms with Crippen molar-refractivity contribution >= 4 is 17.3 Å². The van der Waals surface area contributed by atoms with Gasteiger partial charge in [0.1, 0.15) is 0 Å². The minimum atomic E-state index is -0.511. The van der Waals surface area contributed by atoms with Gasteiger partial charge in [0.2, 0.25) is 0 Å². The van der Waals surface area contributed by atoms with E-state index in [1.54, 1.807) is 37.3 Å². The first-order valence-corrected chi connectivity index (χ1v) is 6.74. The van der Waals surface area contributed by atoms with Gasteiger partial charge >= 0.3 is 0 Å². The van der Waals surface area contributed by atoms with Gasteiger partial charge in [0, 0.05) is 28.9 Å². The van der Waals surface area contributed by atoms with E-state index >= 15 is 0 Å². The van der Waals surface area contributed by atoms with Crippen molar-refractivity contribution in [3.05, 3.63) is 57.6 Å².